The van der Waals surface area contributed by atoms with Gasteiger partial charge in [0.2, 0.25) is 5.91 Å². The molecular weight excluding hydrogens is 359 g/mol. The van der Waals surface area contributed by atoms with E-state index >= 15 is 0 Å². The quantitative estimate of drug-likeness (QED) is 0.714. The van der Waals surface area contributed by atoms with E-state index < -0.39 is 0 Å². The van der Waals surface area contributed by atoms with Gasteiger partial charge in [-0.3, -0.25) is 9.36 Å². The number of rotatable bonds is 6. The van der Waals surface area contributed by atoms with E-state index in [1.807, 2.05) is 28.8 Å². The molecule has 0 saturated heterocycles. The third-order valence-corrected chi connectivity index (χ3v) is 5.00. The van der Waals surface area contributed by atoms with Crippen LogP contribution in [0, 0.1) is 5.82 Å². The van der Waals surface area contributed by atoms with Crippen LogP contribution in [0.1, 0.15) is 23.9 Å². The van der Waals surface area contributed by atoms with Crippen molar-refractivity contribution in [3.63, 3.8) is 0 Å². The fraction of sp³-hybridized carbons (Fsp3) is 0.286. The lowest BCUT2D eigenvalue weighted by Crippen LogP contribution is -2.32. The Hall–Kier alpha value is -3.22. The Balaban J connectivity index is 1.42. The van der Waals surface area contributed by atoms with E-state index in [2.05, 4.69) is 15.5 Å². The molecule has 0 bridgehead atoms. The van der Waals surface area contributed by atoms with Crippen molar-refractivity contribution in [1.82, 2.24) is 20.1 Å². The average molecular weight is 380 g/mol. The number of hydrogen-bond donors (Lipinski definition) is 1. The Bertz CT molecular complexity index is 967. The van der Waals surface area contributed by atoms with Crippen LogP contribution in [-0.4, -0.2) is 34.3 Å². The highest BCUT2D eigenvalue weighted by Gasteiger charge is 2.32. The summed E-state index contributed by atoms with van der Waals surface area (Å²) in [5, 5.41) is 11.4. The van der Waals surface area contributed by atoms with E-state index in [1.54, 1.807) is 19.2 Å². The molecule has 0 spiro atoms. The molecule has 1 atom stereocenters. The second-order valence-corrected chi connectivity index (χ2v) is 6.76. The second kappa shape index (κ2) is 7.80. The van der Waals surface area contributed by atoms with Crippen molar-refractivity contribution in [3.8, 4) is 17.1 Å². The van der Waals surface area contributed by atoms with Crippen LogP contribution in [0.25, 0.3) is 11.4 Å². The van der Waals surface area contributed by atoms with Crippen LogP contribution in [0.5, 0.6) is 5.75 Å². The molecule has 2 heterocycles. The molecule has 144 valence electrons. The number of fused-ring (bicyclic) bond motifs is 1. The van der Waals surface area contributed by atoms with Crippen molar-refractivity contribution in [1.29, 1.82) is 0 Å². The van der Waals surface area contributed by atoms with Crippen LogP contribution in [0.3, 0.4) is 0 Å². The lowest BCUT2D eigenvalue weighted by Gasteiger charge is -2.15. The molecule has 4 rings (SSSR count). The van der Waals surface area contributed by atoms with Crippen LogP contribution in [0.15, 0.2) is 48.5 Å². The van der Waals surface area contributed by atoms with E-state index in [1.165, 1.54) is 12.1 Å². The fourth-order valence-electron chi connectivity index (χ4n) is 3.50. The minimum absolute atomic E-state index is 0.0459. The van der Waals surface area contributed by atoms with E-state index in [0.29, 0.717) is 25.2 Å². The van der Waals surface area contributed by atoms with Crippen LogP contribution < -0.4 is 10.1 Å². The summed E-state index contributed by atoms with van der Waals surface area (Å²) < 4.78 is 20.2. The number of carbonyl (C=O) groups excluding carboxylic acids is 1. The zero-order valence-electron chi connectivity index (χ0n) is 15.6. The molecule has 1 aliphatic rings. The topological polar surface area (TPSA) is 69.0 Å². The standard InChI is InChI=1S/C21H21FN4O2/c1-28-17-8-2-14(3-9-17)12-13-23-21(27)18-10-11-19-24-25-20(26(18)19)15-4-6-16(22)7-5-15/h2-9,18H,10-13H2,1H3,(H,23,27). The number of hydrogen-bond acceptors (Lipinski definition) is 4. The molecule has 2 aromatic carbocycles. The average Bonchev–Trinajstić information content (AvgIpc) is 3.31. The minimum Gasteiger partial charge on any atom is -0.497 e. The number of benzene rings is 2. The lowest BCUT2D eigenvalue weighted by atomic mass is 10.1. The van der Waals surface area contributed by atoms with Gasteiger partial charge in [0, 0.05) is 18.5 Å². The molecule has 28 heavy (non-hydrogen) atoms. The number of nitrogens with one attached hydrogen (secondary N) is 1. The second-order valence-electron chi connectivity index (χ2n) is 6.76. The number of ether oxygens (including phenoxy) is 1. The van der Waals surface area contributed by atoms with Gasteiger partial charge in [0.05, 0.1) is 7.11 Å². The summed E-state index contributed by atoms with van der Waals surface area (Å²) in [6, 6.07) is 13.5. The summed E-state index contributed by atoms with van der Waals surface area (Å²) >= 11 is 0. The predicted octanol–water partition coefficient (Wildman–Crippen LogP) is 2.94. The molecule has 7 heteroatoms. The molecule has 6 nitrogen and oxygen atoms in total. The van der Waals surface area contributed by atoms with E-state index in [0.717, 1.165) is 29.1 Å². The third-order valence-electron chi connectivity index (χ3n) is 5.00. The van der Waals surface area contributed by atoms with Crippen molar-refractivity contribution >= 4 is 5.91 Å². The summed E-state index contributed by atoms with van der Waals surface area (Å²) in [5.74, 6) is 1.85. The first-order chi connectivity index (χ1) is 13.7. The molecule has 0 saturated carbocycles. The first-order valence-electron chi connectivity index (χ1n) is 9.26. The summed E-state index contributed by atoms with van der Waals surface area (Å²) in [4.78, 5) is 12.8. The first-order valence-corrected chi connectivity index (χ1v) is 9.26. The van der Waals surface area contributed by atoms with Gasteiger partial charge >= 0.3 is 0 Å². The monoisotopic (exact) mass is 380 g/mol. The molecule has 0 radical (unpaired) electrons. The van der Waals surface area contributed by atoms with Gasteiger partial charge in [0.25, 0.3) is 0 Å². The van der Waals surface area contributed by atoms with Crippen LogP contribution in [0.2, 0.25) is 0 Å². The van der Waals surface area contributed by atoms with Gasteiger partial charge in [-0.1, -0.05) is 12.1 Å². The highest BCUT2D eigenvalue weighted by Crippen LogP contribution is 2.31. The SMILES string of the molecule is COc1ccc(CCNC(=O)C2CCc3nnc(-c4ccc(F)cc4)n32)cc1. The molecule has 1 N–H and O–H groups in total. The maximum absolute atomic E-state index is 13.2. The van der Waals surface area contributed by atoms with Crippen molar-refractivity contribution in [2.24, 2.45) is 0 Å². The number of aryl methyl sites for hydroxylation is 1. The normalized spacial score (nSPS) is 15.3. The maximum Gasteiger partial charge on any atom is 0.243 e. The van der Waals surface area contributed by atoms with Crippen molar-refractivity contribution in [2.45, 2.75) is 25.3 Å². The van der Waals surface area contributed by atoms with Gasteiger partial charge in [0.15, 0.2) is 5.82 Å². The number of amides is 1. The van der Waals surface area contributed by atoms with Crippen LogP contribution in [0.4, 0.5) is 4.39 Å². The molecule has 1 aliphatic heterocycles. The van der Waals surface area contributed by atoms with Gasteiger partial charge in [-0.05, 0) is 54.8 Å². The number of methoxy groups -OCH3 is 1. The highest BCUT2D eigenvalue weighted by molar-refractivity contribution is 5.81. The molecule has 0 aliphatic carbocycles. The van der Waals surface area contributed by atoms with E-state index in [-0.39, 0.29) is 17.8 Å². The van der Waals surface area contributed by atoms with Gasteiger partial charge < -0.3 is 10.1 Å². The summed E-state index contributed by atoms with van der Waals surface area (Å²) in [5.41, 5.74) is 1.88. The summed E-state index contributed by atoms with van der Waals surface area (Å²) in [6.45, 7) is 0.547. The van der Waals surface area contributed by atoms with Crippen molar-refractivity contribution < 1.29 is 13.9 Å². The van der Waals surface area contributed by atoms with Gasteiger partial charge in [0.1, 0.15) is 23.4 Å². The van der Waals surface area contributed by atoms with Gasteiger partial charge in [-0.25, -0.2) is 4.39 Å². The number of nitrogens with zero attached hydrogens (tertiary/aromatic N) is 3. The zero-order valence-corrected chi connectivity index (χ0v) is 15.6. The summed E-state index contributed by atoms with van der Waals surface area (Å²) in [6.07, 6.45) is 2.13. The molecule has 0 fully saturated rings. The van der Waals surface area contributed by atoms with E-state index in [9.17, 15) is 9.18 Å². The smallest absolute Gasteiger partial charge is 0.243 e. The van der Waals surface area contributed by atoms with Crippen LogP contribution in [-0.2, 0) is 17.6 Å². The number of halogens is 1. The van der Waals surface area contributed by atoms with Crippen molar-refractivity contribution in [3.05, 3.63) is 65.7 Å². The molecule has 1 aromatic heterocycles. The molecule has 1 amide bonds. The van der Waals surface area contributed by atoms with Gasteiger partial charge in [-0.2, -0.15) is 0 Å². The molecule has 3 aromatic rings. The highest BCUT2D eigenvalue weighted by atomic mass is 19.1. The summed E-state index contributed by atoms with van der Waals surface area (Å²) in [7, 11) is 1.64. The largest absolute Gasteiger partial charge is 0.497 e. The third kappa shape index (κ3) is 3.60. The predicted molar refractivity (Wildman–Crippen MR) is 102 cm³/mol. The molecular formula is C21H21FN4O2. The zero-order chi connectivity index (χ0) is 19.5. The van der Waals surface area contributed by atoms with Gasteiger partial charge in [-0.15, -0.1) is 10.2 Å². The fourth-order valence-corrected chi connectivity index (χ4v) is 3.50. The minimum atomic E-state index is -0.346. The Morgan fingerprint density at radius 1 is 1.18 bits per heavy atom. The Labute approximate surface area is 162 Å². The first kappa shape index (κ1) is 18.2. The number of carbonyl (C=O) groups is 1. The molecule has 1 unspecified atom stereocenters. The number of aromatic nitrogens is 3. The Morgan fingerprint density at radius 2 is 1.93 bits per heavy atom. The van der Waals surface area contributed by atoms with Crippen LogP contribution >= 0.6 is 0 Å². The van der Waals surface area contributed by atoms with E-state index in [4.69, 9.17) is 4.74 Å². The Kier molecular flexibility index (Phi) is 5.06. The van der Waals surface area contributed by atoms with Crippen molar-refractivity contribution in [2.75, 3.05) is 13.7 Å². The Morgan fingerprint density at radius 3 is 2.64 bits per heavy atom. The lowest BCUT2D eigenvalue weighted by molar-refractivity contribution is -0.124. The maximum atomic E-state index is 13.2.